The zero-order valence-corrected chi connectivity index (χ0v) is 8.93. The summed E-state index contributed by atoms with van der Waals surface area (Å²) in [6, 6.07) is 0. The molecule has 0 bridgehead atoms. The maximum Gasteiger partial charge on any atom is 0.352 e. The van der Waals surface area contributed by atoms with Gasteiger partial charge in [0, 0.05) is 19.4 Å². The SMILES string of the molecule is CN(C)CCN1N=C(C(=O)O)CCC1=O. The standard InChI is InChI=1S/C9H15N3O3/c1-11(2)5-6-12-8(13)4-3-7(10-12)9(14)15/h3-6H2,1-2H3,(H,14,15). The Kier molecular flexibility index (Phi) is 3.79. The number of hydrazone groups is 1. The van der Waals surface area contributed by atoms with Gasteiger partial charge in [0.25, 0.3) is 0 Å². The Morgan fingerprint density at radius 2 is 2.20 bits per heavy atom. The number of carbonyl (C=O) groups excluding carboxylic acids is 1. The lowest BCUT2D eigenvalue weighted by Gasteiger charge is -2.23. The number of rotatable bonds is 4. The molecule has 1 amide bonds. The summed E-state index contributed by atoms with van der Waals surface area (Å²) in [5.41, 5.74) is 0.0633. The highest BCUT2D eigenvalue weighted by Crippen LogP contribution is 2.08. The van der Waals surface area contributed by atoms with Crippen LogP contribution in [-0.4, -0.2) is 59.8 Å². The third-order valence-corrected chi connectivity index (χ3v) is 2.11. The second-order valence-electron chi connectivity index (χ2n) is 3.67. The van der Waals surface area contributed by atoms with Gasteiger partial charge in [0.15, 0.2) is 0 Å². The van der Waals surface area contributed by atoms with Gasteiger partial charge in [0.1, 0.15) is 5.71 Å². The summed E-state index contributed by atoms with van der Waals surface area (Å²) in [6.45, 7) is 1.10. The second-order valence-corrected chi connectivity index (χ2v) is 3.67. The van der Waals surface area contributed by atoms with Crippen LogP contribution >= 0.6 is 0 Å². The molecule has 6 heteroatoms. The molecule has 0 saturated carbocycles. The highest BCUT2D eigenvalue weighted by atomic mass is 16.4. The molecule has 15 heavy (non-hydrogen) atoms. The van der Waals surface area contributed by atoms with E-state index in [0.29, 0.717) is 13.1 Å². The minimum atomic E-state index is -1.04. The van der Waals surface area contributed by atoms with Crippen molar-refractivity contribution >= 4 is 17.6 Å². The summed E-state index contributed by atoms with van der Waals surface area (Å²) in [7, 11) is 3.77. The Balaban J connectivity index is 2.63. The predicted octanol–water partition coefficient (Wildman–Crippen LogP) is -0.389. The van der Waals surface area contributed by atoms with Crippen molar-refractivity contribution in [1.29, 1.82) is 0 Å². The summed E-state index contributed by atoms with van der Waals surface area (Å²) in [5.74, 6) is -1.15. The van der Waals surface area contributed by atoms with E-state index in [1.54, 1.807) is 0 Å². The average Bonchev–Trinajstić information content (AvgIpc) is 2.16. The van der Waals surface area contributed by atoms with Gasteiger partial charge in [-0.1, -0.05) is 0 Å². The number of amides is 1. The van der Waals surface area contributed by atoms with Crippen LogP contribution in [0.2, 0.25) is 0 Å². The first kappa shape index (κ1) is 11.6. The molecule has 0 aromatic heterocycles. The summed E-state index contributed by atoms with van der Waals surface area (Å²) in [4.78, 5) is 24.0. The molecular weight excluding hydrogens is 198 g/mol. The summed E-state index contributed by atoms with van der Waals surface area (Å²) in [5, 5.41) is 13.8. The highest BCUT2D eigenvalue weighted by Gasteiger charge is 2.23. The first-order valence-electron chi connectivity index (χ1n) is 4.76. The van der Waals surface area contributed by atoms with E-state index in [9.17, 15) is 9.59 Å². The van der Waals surface area contributed by atoms with Gasteiger partial charge < -0.3 is 10.0 Å². The molecule has 1 aliphatic heterocycles. The van der Waals surface area contributed by atoms with E-state index >= 15 is 0 Å². The molecule has 0 radical (unpaired) electrons. The lowest BCUT2D eigenvalue weighted by atomic mass is 10.2. The zero-order chi connectivity index (χ0) is 11.4. The number of hydrogen-bond acceptors (Lipinski definition) is 4. The maximum atomic E-state index is 11.4. The van der Waals surface area contributed by atoms with Crippen molar-refractivity contribution in [1.82, 2.24) is 9.91 Å². The van der Waals surface area contributed by atoms with Gasteiger partial charge in [0.05, 0.1) is 6.54 Å². The molecule has 6 nitrogen and oxygen atoms in total. The van der Waals surface area contributed by atoms with Gasteiger partial charge in [-0.2, -0.15) is 5.10 Å². The van der Waals surface area contributed by atoms with Crippen LogP contribution in [0.1, 0.15) is 12.8 Å². The van der Waals surface area contributed by atoms with Crippen LogP contribution in [0.4, 0.5) is 0 Å². The third kappa shape index (κ3) is 3.32. The first-order valence-corrected chi connectivity index (χ1v) is 4.76. The monoisotopic (exact) mass is 213 g/mol. The lowest BCUT2D eigenvalue weighted by Crippen LogP contribution is -2.38. The van der Waals surface area contributed by atoms with Crippen LogP contribution in [0.5, 0.6) is 0 Å². The fourth-order valence-corrected chi connectivity index (χ4v) is 1.22. The number of carbonyl (C=O) groups is 2. The van der Waals surface area contributed by atoms with E-state index in [4.69, 9.17) is 5.11 Å². The van der Waals surface area contributed by atoms with Gasteiger partial charge in [0.2, 0.25) is 5.91 Å². The Morgan fingerprint density at radius 3 is 2.73 bits per heavy atom. The Morgan fingerprint density at radius 1 is 1.53 bits per heavy atom. The molecule has 1 aliphatic rings. The number of carboxylic acids is 1. The molecule has 0 saturated heterocycles. The number of carboxylic acid groups (broad SMARTS) is 1. The van der Waals surface area contributed by atoms with Crippen LogP contribution in [-0.2, 0) is 9.59 Å². The molecule has 0 unspecified atom stereocenters. The molecule has 1 heterocycles. The number of hydrogen-bond donors (Lipinski definition) is 1. The van der Waals surface area contributed by atoms with Gasteiger partial charge in [-0.15, -0.1) is 0 Å². The Bertz CT molecular complexity index is 299. The second kappa shape index (κ2) is 4.88. The fraction of sp³-hybridized carbons (Fsp3) is 0.667. The van der Waals surface area contributed by atoms with E-state index in [0.717, 1.165) is 0 Å². The lowest BCUT2D eigenvalue weighted by molar-refractivity contribution is -0.133. The number of aliphatic carboxylic acids is 1. The molecule has 0 aromatic carbocycles. The van der Waals surface area contributed by atoms with Crippen LogP contribution in [0, 0.1) is 0 Å². The van der Waals surface area contributed by atoms with Crippen LogP contribution in [0.15, 0.2) is 5.10 Å². The van der Waals surface area contributed by atoms with Crippen molar-refractivity contribution in [2.75, 3.05) is 27.2 Å². The maximum absolute atomic E-state index is 11.4. The average molecular weight is 213 g/mol. The number of likely N-dealkylation sites (N-methyl/N-ethyl adjacent to an activating group) is 1. The van der Waals surface area contributed by atoms with Crippen LogP contribution in [0.25, 0.3) is 0 Å². The summed E-state index contributed by atoms with van der Waals surface area (Å²) < 4.78 is 0. The van der Waals surface area contributed by atoms with Crippen LogP contribution < -0.4 is 0 Å². The van der Waals surface area contributed by atoms with Gasteiger partial charge in [-0.05, 0) is 14.1 Å². The van der Waals surface area contributed by atoms with Crippen LogP contribution in [0.3, 0.4) is 0 Å². The van der Waals surface area contributed by atoms with E-state index < -0.39 is 5.97 Å². The van der Waals surface area contributed by atoms with Crippen molar-refractivity contribution < 1.29 is 14.7 Å². The highest BCUT2D eigenvalue weighted by molar-refractivity contribution is 6.36. The molecule has 0 atom stereocenters. The molecule has 0 spiro atoms. The molecule has 84 valence electrons. The molecule has 0 aliphatic carbocycles. The minimum Gasteiger partial charge on any atom is -0.477 e. The molecule has 1 rings (SSSR count). The normalized spacial score (nSPS) is 16.9. The van der Waals surface area contributed by atoms with E-state index in [1.807, 2.05) is 19.0 Å². The molecular formula is C9H15N3O3. The fourth-order valence-electron chi connectivity index (χ4n) is 1.22. The van der Waals surface area contributed by atoms with Gasteiger partial charge in [-0.25, -0.2) is 9.80 Å². The minimum absolute atomic E-state index is 0.0633. The van der Waals surface area contributed by atoms with E-state index in [2.05, 4.69) is 5.10 Å². The third-order valence-electron chi connectivity index (χ3n) is 2.11. The topological polar surface area (TPSA) is 73.2 Å². The predicted molar refractivity (Wildman–Crippen MR) is 54.6 cm³/mol. The Labute approximate surface area is 88.2 Å². The Hall–Kier alpha value is -1.43. The largest absolute Gasteiger partial charge is 0.477 e. The number of nitrogens with zero attached hydrogens (tertiary/aromatic N) is 3. The zero-order valence-electron chi connectivity index (χ0n) is 8.93. The van der Waals surface area contributed by atoms with Gasteiger partial charge >= 0.3 is 5.97 Å². The quantitative estimate of drug-likeness (QED) is 0.690. The van der Waals surface area contributed by atoms with E-state index in [-0.39, 0.29) is 24.5 Å². The molecule has 0 aromatic rings. The summed E-state index contributed by atoms with van der Waals surface area (Å²) >= 11 is 0. The van der Waals surface area contributed by atoms with E-state index in [1.165, 1.54) is 5.01 Å². The molecule has 0 fully saturated rings. The van der Waals surface area contributed by atoms with Crippen molar-refractivity contribution in [3.05, 3.63) is 0 Å². The molecule has 1 N–H and O–H groups in total. The summed E-state index contributed by atoms with van der Waals surface area (Å²) in [6.07, 6.45) is 0.463. The van der Waals surface area contributed by atoms with Crippen molar-refractivity contribution in [3.8, 4) is 0 Å². The van der Waals surface area contributed by atoms with Crippen molar-refractivity contribution in [3.63, 3.8) is 0 Å². The van der Waals surface area contributed by atoms with Crippen molar-refractivity contribution in [2.24, 2.45) is 5.10 Å². The smallest absolute Gasteiger partial charge is 0.352 e. The van der Waals surface area contributed by atoms with Crippen molar-refractivity contribution in [2.45, 2.75) is 12.8 Å². The first-order chi connectivity index (χ1) is 7.00. The van der Waals surface area contributed by atoms with Gasteiger partial charge in [-0.3, -0.25) is 4.79 Å².